The molecule has 2 heterocycles. The van der Waals surface area contributed by atoms with E-state index in [9.17, 15) is 9.59 Å². The largest absolute Gasteiger partial charge is 0.384 e. The number of nitrogen functional groups attached to an aromatic ring is 1. The second kappa shape index (κ2) is 4.77. The molecule has 1 saturated carbocycles. The standard InChI is InChI=1S/C14H18N4O2/c15-11-5-3-4-10(17-11)12(19)18-9-8-16-13(20)14(18)6-1-2-7-14/h3-5H,1-2,6-9H2,(H2,15,17)(H,16,20). The van der Waals surface area contributed by atoms with Crippen molar-refractivity contribution in [3.8, 4) is 0 Å². The van der Waals surface area contributed by atoms with Crippen molar-refractivity contribution < 1.29 is 9.59 Å². The molecule has 2 aliphatic rings. The topological polar surface area (TPSA) is 88.3 Å². The third-order valence-electron chi connectivity index (χ3n) is 4.23. The number of amides is 2. The first kappa shape index (κ1) is 12.9. The first-order valence-corrected chi connectivity index (χ1v) is 6.96. The van der Waals surface area contributed by atoms with Gasteiger partial charge in [0.2, 0.25) is 5.91 Å². The maximum absolute atomic E-state index is 12.7. The predicted octanol–water partition coefficient (Wildman–Crippen LogP) is 0.549. The molecule has 1 aromatic rings. The SMILES string of the molecule is Nc1cccc(C(=O)N2CCNC(=O)C23CCCC3)n1. The van der Waals surface area contributed by atoms with Gasteiger partial charge in [0.1, 0.15) is 17.1 Å². The van der Waals surface area contributed by atoms with E-state index in [2.05, 4.69) is 10.3 Å². The first-order chi connectivity index (χ1) is 9.63. The van der Waals surface area contributed by atoms with E-state index in [1.807, 2.05) is 0 Å². The van der Waals surface area contributed by atoms with E-state index in [1.165, 1.54) is 0 Å². The lowest BCUT2D eigenvalue weighted by molar-refractivity contribution is -0.134. The van der Waals surface area contributed by atoms with Gasteiger partial charge in [0, 0.05) is 13.1 Å². The number of anilines is 1. The van der Waals surface area contributed by atoms with Gasteiger partial charge in [-0.2, -0.15) is 0 Å². The summed E-state index contributed by atoms with van der Waals surface area (Å²) < 4.78 is 0. The summed E-state index contributed by atoms with van der Waals surface area (Å²) in [7, 11) is 0. The van der Waals surface area contributed by atoms with Crippen LogP contribution in [0.4, 0.5) is 5.82 Å². The highest BCUT2D eigenvalue weighted by atomic mass is 16.2. The van der Waals surface area contributed by atoms with Gasteiger partial charge in [0.05, 0.1) is 0 Å². The fourth-order valence-corrected chi connectivity index (χ4v) is 3.24. The smallest absolute Gasteiger partial charge is 0.273 e. The molecule has 1 saturated heterocycles. The molecule has 3 rings (SSSR count). The summed E-state index contributed by atoms with van der Waals surface area (Å²) in [5, 5.41) is 2.88. The van der Waals surface area contributed by atoms with Gasteiger partial charge in [0.15, 0.2) is 0 Å². The van der Waals surface area contributed by atoms with Crippen molar-refractivity contribution in [2.24, 2.45) is 0 Å². The molecule has 1 aliphatic heterocycles. The third kappa shape index (κ3) is 1.92. The summed E-state index contributed by atoms with van der Waals surface area (Å²) >= 11 is 0. The van der Waals surface area contributed by atoms with Gasteiger partial charge in [-0.05, 0) is 25.0 Å². The molecule has 1 aromatic heterocycles. The average Bonchev–Trinajstić information content (AvgIpc) is 2.92. The van der Waals surface area contributed by atoms with Crippen molar-refractivity contribution in [1.29, 1.82) is 0 Å². The minimum atomic E-state index is -0.679. The third-order valence-corrected chi connectivity index (χ3v) is 4.23. The van der Waals surface area contributed by atoms with E-state index in [0.29, 0.717) is 24.6 Å². The summed E-state index contributed by atoms with van der Waals surface area (Å²) in [6.07, 6.45) is 3.41. The van der Waals surface area contributed by atoms with Crippen molar-refractivity contribution in [3.05, 3.63) is 23.9 Å². The van der Waals surface area contributed by atoms with Gasteiger partial charge >= 0.3 is 0 Å². The highest BCUT2D eigenvalue weighted by Gasteiger charge is 2.50. The van der Waals surface area contributed by atoms with Crippen LogP contribution in [0.25, 0.3) is 0 Å². The van der Waals surface area contributed by atoms with Crippen molar-refractivity contribution >= 4 is 17.6 Å². The molecule has 0 bridgehead atoms. The number of piperazine rings is 1. The number of aromatic nitrogens is 1. The Labute approximate surface area is 117 Å². The van der Waals surface area contributed by atoms with Crippen molar-refractivity contribution in [1.82, 2.24) is 15.2 Å². The number of carbonyl (C=O) groups is 2. The highest BCUT2D eigenvalue weighted by Crippen LogP contribution is 2.37. The molecular weight excluding hydrogens is 256 g/mol. The maximum atomic E-state index is 12.7. The van der Waals surface area contributed by atoms with E-state index in [-0.39, 0.29) is 11.8 Å². The number of hydrogen-bond acceptors (Lipinski definition) is 4. The first-order valence-electron chi connectivity index (χ1n) is 6.96. The summed E-state index contributed by atoms with van der Waals surface area (Å²) in [5.41, 5.74) is 5.27. The minimum Gasteiger partial charge on any atom is -0.384 e. The van der Waals surface area contributed by atoms with E-state index in [0.717, 1.165) is 25.7 Å². The molecule has 2 fully saturated rings. The Kier molecular flexibility index (Phi) is 3.08. The van der Waals surface area contributed by atoms with Crippen molar-refractivity contribution in [2.45, 2.75) is 31.2 Å². The molecule has 6 nitrogen and oxygen atoms in total. The minimum absolute atomic E-state index is 0.0292. The molecule has 20 heavy (non-hydrogen) atoms. The monoisotopic (exact) mass is 274 g/mol. The number of hydrogen-bond donors (Lipinski definition) is 2. The van der Waals surface area contributed by atoms with Gasteiger partial charge in [-0.3, -0.25) is 9.59 Å². The molecular formula is C14H18N4O2. The van der Waals surface area contributed by atoms with Crippen LogP contribution in [0.3, 0.4) is 0 Å². The zero-order chi connectivity index (χ0) is 14.2. The van der Waals surface area contributed by atoms with Crippen LogP contribution in [-0.2, 0) is 4.79 Å². The summed E-state index contributed by atoms with van der Waals surface area (Å²) in [5.74, 6) is 0.0883. The molecule has 3 N–H and O–H groups in total. The number of nitrogens with one attached hydrogen (secondary N) is 1. The number of rotatable bonds is 1. The van der Waals surface area contributed by atoms with Gasteiger partial charge in [-0.1, -0.05) is 18.9 Å². The van der Waals surface area contributed by atoms with Crippen molar-refractivity contribution in [3.63, 3.8) is 0 Å². The molecule has 1 spiro atoms. The van der Waals surface area contributed by atoms with Crippen LogP contribution in [0.5, 0.6) is 0 Å². The van der Waals surface area contributed by atoms with Gasteiger partial charge in [0.25, 0.3) is 5.91 Å². The number of carbonyl (C=O) groups excluding carboxylic acids is 2. The number of pyridine rings is 1. The van der Waals surface area contributed by atoms with Crippen LogP contribution in [0.15, 0.2) is 18.2 Å². The normalized spacial score (nSPS) is 21.0. The Balaban J connectivity index is 1.94. The van der Waals surface area contributed by atoms with Crippen LogP contribution in [-0.4, -0.2) is 40.3 Å². The molecule has 1 aliphatic carbocycles. The number of nitrogens with two attached hydrogens (primary N) is 1. The zero-order valence-corrected chi connectivity index (χ0v) is 11.3. The Bertz CT molecular complexity index is 552. The van der Waals surface area contributed by atoms with Gasteiger partial charge in [-0.15, -0.1) is 0 Å². The molecule has 0 radical (unpaired) electrons. The van der Waals surface area contributed by atoms with E-state index >= 15 is 0 Å². The fourth-order valence-electron chi connectivity index (χ4n) is 3.24. The van der Waals surface area contributed by atoms with Crippen LogP contribution in [0.1, 0.15) is 36.2 Å². The summed E-state index contributed by atoms with van der Waals surface area (Å²) in [4.78, 5) is 30.7. The lowest BCUT2D eigenvalue weighted by Gasteiger charge is -2.43. The average molecular weight is 274 g/mol. The zero-order valence-electron chi connectivity index (χ0n) is 11.3. The van der Waals surface area contributed by atoms with Crippen LogP contribution < -0.4 is 11.1 Å². The molecule has 0 atom stereocenters. The second-order valence-electron chi connectivity index (χ2n) is 5.40. The Hall–Kier alpha value is -2.11. The fraction of sp³-hybridized carbons (Fsp3) is 0.500. The summed E-state index contributed by atoms with van der Waals surface area (Å²) in [6.45, 7) is 1.02. The van der Waals surface area contributed by atoms with Crippen molar-refractivity contribution in [2.75, 3.05) is 18.8 Å². The Morgan fingerprint density at radius 1 is 1.35 bits per heavy atom. The Morgan fingerprint density at radius 2 is 2.10 bits per heavy atom. The summed E-state index contributed by atoms with van der Waals surface area (Å²) in [6, 6.07) is 5.00. The maximum Gasteiger partial charge on any atom is 0.273 e. The van der Waals surface area contributed by atoms with Gasteiger partial charge < -0.3 is 16.0 Å². The number of nitrogens with zero attached hydrogens (tertiary/aromatic N) is 2. The molecule has 2 amide bonds. The lowest BCUT2D eigenvalue weighted by Crippen LogP contribution is -2.65. The lowest BCUT2D eigenvalue weighted by atomic mass is 9.91. The van der Waals surface area contributed by atoms with E-state index < -0.39 is 5.54 Å². The molecule has 6 heteroatoms. The molecule has 0 aromatic carbocycles. The quantitative estimate of drug-likeness (QED) is 0.782. The van der Waals surface area contributed by atoms with E-state index in [4.69, 9.17) is 5.73 Å². The Morgan fingerprint density at radius 3 is 2.80 bits per heavy atom. The molecule has 0 unspecified atom stereocenters. The second-order valence-corrected chi connectivity index (χ2v) is 5.40. The highest BCUT2D eigenvalue weighted by molar-refractivity contribution is 5.99. The van der Waals surface area contributed by atoms with Gasteiger partial charge in [-0.25, -0.2) is 4.98 Å². The van der Waals surface area contributed by atoms with Crippen LogP contribution in [0.2, 0.25) is 0 Å². The predicted molar refractivity (Wildman–Crippen MR) is 73.9 cm³/mol. The molecule has 106 valence electrons. The van der Waals surface area contributed by atoms with Crippen LogP contribution in [0, 0.1) is 0 Å². The van der Waals surface area contributed by atoms with E-state index in [1.54, 1.807) is 23.1 Å². The van der Waals surface area contributed by atoms with Crippen LogP contribution >= 0.6 is 0 Å².